The van der Waals surface area contributed by atoms with E-state index in [-0.39, 0.29) is 11.8 Å². The molecule has 2 aromatic carbocycles. The molecule has 0 saturated heterocycles. The van der Waals surface area contributed by atoms with Crippen LogP contribution in [0.2, 0.25) is 0 Å². The van der Waals surface area contributed by atoms with Crippen molar-refractivity contribution in [1.29, 1.82) is 0 Å². The average Bonchev–Trinajstić information content (AvgIpc) is 2.92. The van der Waals surface area contributed by atoms with Crippen LogP contribution in [0.5, 0.6) is 0 Å². The van der Waals surface area contributed by atoms with Crippen molar-refractivity contribution in [3.63, 3.8) is 0 Å². The lowest BCUT2D eigenvalue weighted by Crippen LogP contribution is -2.30. The molecule has 26 heavy (non-hydrogen) atoms. The smallest absolute Gasteiger partial charge is 0.261 e. The molecule has 2 aromatic rings. The minimum atomic E-state index is -0.145. The zero-order valence-electron chi connectivity index (χ0n) is 15.1. The first-order chi connectivity index (χ1) is 12.8. The van der Waals surface area contributed by atoms with Gasteiger partial charge in [0.25, 0.3) is 11.8 Å². The van der Waals surface area contributed by atoms with E-state index in [1.165, 1.54) is 10.5 Å². The maximum atomic E-state index is 12.3. The molecule has 0 spiro atoms. The zero-order chi connectivity index (χ0) is 18.2. The van der Waals surface area contributed by atoms with Crippen LogP contribution >= 0.6 is 0 Å². The quantitative estimate of drug-likeness (QED) is 0.525. The molecule has 0 fully saturated rings. The summed E-state index contributed by atoms with van der Waals surface area (Å²) in [6.45, 7) is 2.53. The summed E-state index contributed by atoms with van der Waals surface area (Å²) in [7, 11) is 0. The normalized spacial score (nSPS) is 13.3. The molecule has 0 unspecified atom stereocenters. The topological polar surface area (TPSA) is 49.4 Å². The van der Waals surface area contributed by atoms with E-state index in [0.29, 0.717) is 17.7 Å². The predicted molar refractivity (Wildman–Crippen MR) is 103 cm³/mol. The molecule has 1 aliphatic heterocycles. The van der Waals surface area contributed by atoms with Crippen molar-refractivity contribution < 1.29 is 9.59 Å². The lowest BCUT2D eigenvalue weighted by atomic mass is 10.1. The molecule has 3 rings (SSSR count). The van der Waals surface area contributed by atoms with Gasteiger partial charge in [0.15, 0.2) is 0 Å². The molecule has 0 atom stereocenters. The van der Waals surface area contributed by atoms with Crippen LogP contribution in [0.1, 0.15) is 52.0 Å². The van der Waals surface area contributed by atoms with Gasteiger partial charge in [-0.25, -0.2) is 0 Å². The molecule has 0 aliphatic carbocycles. The Morgan fingerprint density at radius 2 is 1.31 bits per heavy atom. The predicted octanol–water partition coefficient (Wildman–Crippen LogP) is 3.68. The molecule has 0 aromatic heterocycles. The van der Waals surface area contributed by atoms with Crippen LogP contribution < -0.4 is 5.32 Å². The fourth-order valence-corrected chi connectivity index (χ4v) is 3.32. The van der Waals surface area contributed by atoms with Crippen molar-refractivity contribution in [1.82, 2.24) is 10.2 Å². The van der Waals surface area contributed by atoms with E-state index in [1.807, 2.05) is 6.07 Å². The van der Waals surface area contributed by atoms with Gasteiger partial charge < -0.3 is 5.32 Å². The van der Waals surface area contributed by atoms with E-state index >= 15 is 0 Å². The molecule has 4 nitrogen and oxygen atoms in total. The third-order valence-electron chi connectivity index (χ3n) is 4.80. The van der Waals surface area contributed by atoms with Crippen LogP contribution in [-0.4, -0.2) is 36.3 Å². The molecular formula is C22H26N2O2. The maximum absolute atomic E-state index is 12.3. The second kappa shape index (κ2) is 9.30. The number of nitrogens with zero attached hydrogens (tertiary/aromatic N) is 1. The third-order valence-corrected chi connectivity index (χ3v) is 4.80. The number of rotatable bonds is 10. The van der Waals surface area contributed by atoms with E-state index in [1.54, 1.807) is 24.3 Å². The summed E-state index contributed by atoms with van der Waals surface area (Å²) in [5.74, 6) is -0.290. The number of carbonyl (C=O) groups excluding carboxylic acids is 2. The second-order valence-corrected chi connectivity index (χ2v) is 6.71. The van der Waals surface area contributed by atoms with E-state index in [2.05, 4.69) is 29.6 Å². The lowest BCUT2D eigenvalue weighted by molar-refractivity contribution is 0.0651. The number of imide groups is 1. The summed E-state index contributed by atoms with van der Waals surface area (Å²) < 4.78 is 0. The van der Waals surface area contributed by atoms with Crippen molar-refractivity contribution in [3.8, 4) is 0 Å². The molecule has 0 bridgehead atoms. The summed E-state index contributed by atoms with van der Waals surface area (Å²) in [5.41, 5.74) is 2.45. The average molecular weight is 350 g/mol. The van der Waals surface area contributed by atoms with Gasteiger partial charge in [0, 0.05) is 6.54 Å². The van der Waals surface area contributed by atoms with Crippen molar-refractivity contribution in [2.45, 2.75) is 32.1 Å². The molecule has 0 saturated carbocycles. The lowest BCUT2D eigenvalue weighted by Gasteiger charge is -2.13. The van der Waals surface area contributed by atoms with Gasteiger partial charge in [0.1, 0.15) is 0 Å². The number of hydrogen-bond donors (Lipinski definition) is 1. The highest BCUT2D eigenvalue weighted by atomic mass is 16.2. The minimum Gasteiger partial charge on any atom is -0.316 e. The molecule has 2 amide bonds. The van der Waals surface area contributed by atoms with E-state index in [9.17, 15) is 9.59 Å². The molecule has 0 radical (unpaired) electrons. The van der Waals surface area contributed by atoms with Crippen LogP contribution in [-0.2, 0) is 6.42 Å². The van der Waals surface area contributed by atoms with E-state index in [4.69, 9.17) is 0 Å². The zero-order valence-corrected chi connectivity index (χ0v) is 15.1. The van der Waals surface area contributed by atoms with Gasteiger partial charge in [-0.05, 0) is 50.0 Å². The molecular weight excluding hydrogens is 324 g/mol. The summed E-state index contributed by atoms with van der Waals surface area (Å²) in [6, 6.07) is 17.6. The Hall–Kier alpha value is -2.46. The Labute approximate surface area is 155 Å². The van der Waals surface area contributed by atoms with Gasteiger partial charge >= 0.3 is 0 Å². The van der Waals surface area contributed by atoms with Crippen molar-refractivity contribution in [2.24, 2.45) is 0 Å². The number of unbranched alkanes of at least 4 members (excludes halogenated alkanes) is 3. The van der Waals surface area contributed by atoms with Gasteiger partial charge in [-0.2, -0.15) is 0 Å². The van der Waals surface area contributed by atoms with Crippen LogP contribution in [0.25, 0.3) is 0 Å². The first kappa shape index (κ1) is 18.3. The third kappa shape index (κ3) is 4.58. The van der Waals surface area contributed by atoms with Gasteiger partial charge in [-0.1, -0.05) is 55.3 Å². The molecule has 1 N–H and O–H groups in total. The number of carbonyl (C=O) groups is 2. The summed E-state index contributed by atoms with van der Waals surface area (Å²) in [4.78, 5) is 25.9. The number of amides is 2. The van der Waals surface area contributed by atoms with Crippen LogP contribution in [0.3, 0.4) is 0 Å². The standard InChI is InChI=1S/C22H26N2O2/c25-21-19-12-6-7-13-20(19)22(26)24(21)17-9-2-1-8-15-23-16-14-18-10-4-3-5-11-18/h3-7,10-13,23H,1-2,8-9,14-17H2. The summed E-state index contributed by atoms with van der Waals surface area (Å²) in [6.07, 6.45) is 5.20. The Morgan fingerprint density at radius 3 is 2.00 bits per heavy atom. The number of hydrogen-bond acceptors (Lipinski definition) is 3. The van der Waals surface area contributed by atoms with E-state index in [0.717, 1.165) is 45.2 Å². The number of fused-ring (bicyclic) bond motifs is 1. The fourth-order valence-electron chi connectivity index (χ4n) is 3.32. The van der Waals surface area contributed by atoms with E-state index < -0.39 is 0 Å². The summed E-state index contributed by atoms with van der Waals surface area (Å²) in [5, 5.41) is 3.47. The first-order valence-electron chi connectivity index (χ1n) is 9.47. The van der Waals surface area contributed by atoms with Gasteiger partial charge in [-0.15, -0.1) is 0 Å². The minimum absolute atomic E-state index is 0.145. The Kier molecular flexibility index (Phi) is 6.56. The van der Waals surface area contributed by atoms with Crippen molar-refractivity contribution in [3.05, 3.63) is 71.3 Å². The molecule has 1 aliphatic rings. The van der Waals surface area contributed by atoms with Gasteiger partial charge in [0.2, 0.25) is 0 Å². The molecule has 1 heterocycles. The number of nitrogens with one attached hydrogen (secondary N) is 1. The summed E-state index contributed by atoms with van der Waals surface area (Å²) >= 11 is 0. The molecule has 4 heteroatoms. The van der Waals surface area contributed by atoms with Crippen molar-refractivity contribution in [2.75, 3.05) is 19.6 Å². The van der Waals surface area contributed by atoms with Crippen LogP contribution in [0.4, 0.5) is 0 Å². The van der Waals surface area contributed by atoms with Crippen LogP contribution in [0, 0.1) is 0 Å². The highest BCUT2D eigenvalue weighted by Crippen LogP contribution is 2.22. The maximum Gasteiger partial charge on any atom is 0.261 e. The monoisotopic (exact) mass is 350 g/mol. The highest BCUT2D eigenvalue weighted by molar-refractivity contribution is 6.21. The fraction of sp³-hybridized carbons (Fsp3) is 0.364. The number of benzene rings is 2. The van der Waals surface area contributed by atoms with Crippen molar-refractivity contribution >= 4 is 11.8 Å². The SMILES string of the molecule is O=C1c2ccccc2C(=O)N1CCCCCCNCCc1ccccc1. The van der Waals surface area contributed by atoms with Crippen LogP contribution in [0.15, 0.2) is 54.6 Å². The van der Waals surface area contributed by atoms with Gasteiger partial charge in [-0.3, -0.25) is 14.5 Å². The molecule has 136 valence electrons. The Bertz CT molecular complexity index is 708. The Balaban J connectivity index is 1.25. The highest BCUT2D eigenvalue weighted by Gasteiger charge is 2.34. The largest absolute Gasteiger partial charge is 0.316 e. The Morgan fingerprint density at radius 1 is 0.692 bits per heavy atom. The second-order valence-electron chi connectivity index (χ2n) is 6.71. The first-order valence-corrected chi connectivity index (χ1v) is 9.47. The van der Waals surface area contributed by atoms with Gasteiger partial charge in [0.05, 0.1) is 11.1 Å².